The third kappa shape index (κ3) is 4.38. The Morgan fingerprint density at radius 2 is 1.96 bits per heavy atom. The van der Waals surface area contributed by atoms with Crippen LogP contribution < -0.4 is 4.90 Å². The monoisotopic (exact) mass is 435 g/mol. The van der Waals surface area contributed by atoms with Crippen LogP contribution in [0.3, 0.4) is 0 Å². The van der Waals surface area contributed by atoms with Crippen molar-refractivity contribution in [3.05, 3.63) is 56.6 Å². The molecule has 0 N–H and O–H groups in total. The lowest BCUT2D eigenvalue weighted by Crippen LogP contribution is -2.50. The van der Waals surface area contributed by atoms with Crippen LogP contribution in [0, 0.1) is 0 Å². The third-order valence-electron chi connectivity index (χ3n) is 4.58. The summed E-state index contributed by atoms with van der Waals surface area (Å²) >= 11 is 14.6. The predicted octanol–water partition coefficient (Wildman–Crippen LogP) is 4.38. The molecule has 0 bridgehead atoms. The van der Waals surface area contributed by atoms with Crippen LogP contribution in [-0.4, -0.2) is 52.9 Å². The highest BCUT2D eigenvalue weighted by Gasteiger charge is 2.33. The molecule has 4 nitrogen and oxygen atoms in total. The number of anilines is 1. The van der Waals surface area contributed by atoms with E-state index in [0.717, 1.165) is 41.8 Å². The number of hydrogen-bond donors (Lipinski definition) is 0. The number of thiocarbonyl (C=S) groups is 1. The standard InChI is InChI=1S/C19H18ClN3OS3/c20-14-3-1-4-15(11-14)22-8-6-21(7-9-22)13-23-18(24)17(27-19(23)25)12-16-5-2-10-26-16/h1-5,10-12H,6-9,13H2/b17-12+. The molecule has 0 radical (unpaired) electrons. The van der Waals surface area contributed by atoms with Gasteiger partial charge in [0.1, 0.15) is 4.32 Å². The number of carbonyl (C=O) groups excluding carboxylic acids is 1. The number of nitrogens with zero attached hydrogens (tertiary/aromatic N) is 3. The van der Waals surface area contributed by atoms with E-state index in [2.05, 4.69) is 15.9 Å². The van der Waals surface area contributed by atoms with Crippen LogP contribution in [0.4, 0.5) is 5.69 Å². The number of piperazine rings is 1. The van der Waals surface area contributed by atoms with Crippen molar-refractivity contribution in [1.82, 2.24) is 9.80 Å². The van der Waals surface area contributed by atoms with Crippen molar-refractivity contribution in [3.63, 3.8) is 0 Å². The maximum absolute atomic E-state index is 12.7. The van der Waals surface area contributed by atoms with Gasteiger partial charge in [0.2, 0.25) is 0 Å². The molecule has 2 fully saturated rings. The molecule has 1 amide bonds. The van der Waals surface area contributed by atoms with Gasteiger partial charge in [0.05, 0.1) is 11.6 Å². The third-order valence-corrected chi connectivity index (χ3v) is 7.01. The van der Waals surface area contributed by atoms with Gasteiger partial charge >= 0.3 is 0 Å². The fraction of sp³-hybridized carbons (Fsp3) is 0.263. The van der Waals surface area contributed by atoms with Gasteiger partial charge in [0.25, 0.3) is 5.91 Å². The first-order valence-corrected chi connectivity index (χ1v) is 11.1. The average molecular weight is 436 g/mol. The van der Waals surface area contributed by atoms with Gasteiger partial charge in [0, 0.05) is 41.8 Å². The Balaban J connectivity index is 1.36. The molecule has 1 aromatic carbocycles. The lowest BCUT2D eigenvalue weighted by molar-refractivity contribution is -0.123. The van der Waals surface area contributed by atoms with Crippen molar-refractivity contribution in [2.75, 3.05) is 37.7 Å². The summed E-state index contributed by atoms with van der Waals surface area (Å²) in [6.45, 7) is 4.12. The summed E-state index contributed by atoms with van der Waals surface area (Å²) in [7, 11) is 0. The molecule has 8 heteroatoms. The van der Waals surface area contributed by atoms with Gasteiger partial charge < -0.3 is 4.90 Å². The molecule has 0 unspecified atom stereocenters. The summed E-state index contributed by atoms with van der Waals surface area (Å²) in [6.07, 6.45) is 1.93. The number of thioether (sulfide) groups is 1. The second kappa shape index (κ2) is 8.32. The SMILES string of the molecule is O=C1/C(=C\c2cccs2)SC(=S)N1CN1CCN(c2cccc(Cl)c2)CC1. The molecule has 0 atom stereocenters. The molecule has 2 saturated heterocycles. The molecule has 2 aliphatic heterocycles. The zero-order valence-electron chi connectivity index (χ0n) is 14.5. The summed E-state index contributed by atoms with van der Waals surface area (Å²) in [5.74, 6) is 0.00988. The minimum atomic E-state index is 0.00988. The van der Waals surface area contributed by atoms with Crippen LogP contribution in [0.15, 0.2) is 46.7 Å². The van der Waals surface area contributed by atoms with Crippen molar-refractivity contribution < 1.29 is 4.79 Å². The van der Waals surface area contributed by atoms with Crippen molar-refractivity contribution >= 4 is 68.9 Å². The van der Waals surface area contributed by atoms with Gasteiger partial charge in [-0.1, -0.05) is 47.7 Å². The molecule has 27 heavy (non-hydrogen) atoms. The van der Waals surface area contributed by atoms with Gasteiger partial charge in [-0.15, -0.1) is 11.3 Å². The fourth-order valence-corrected chi connectivity index (χ4v) is 5.29. The van der Waals surface area contributed by atoms with Gasteiger partial charge in [-0.3, -0.25) is 14.6 Å². The Morgan fingerprint density at radius 3 is 2.67 bits per heavy atom. The van der Waals surface area contributed by atoms with Gasteiger partial charge in [-0.05, 0) is 35.7 Å². The Labute approximate surface area is 177 Å². The maximum Gasteiger partial charge on any atom is 0.267 e. The van der Waals surface area contributed by atoms with E-state index in [1.807, 2.05) is 41.8 Å². The van der Waals surface area contributed by atoms with E-state index in [9.17, 15) is 4.79 Å². The Bertz CT molecular complexity index is 876. The van der Waals surface area contributed by atoms with Crippen molar-refractivity contribution in [1.29, 1.82) is 0 Å². The highest BCUT2D eigenvalue weighted by molar-refractivity contribution is 8.26. The topological polar surface area (TPSA) is 26.8 Å². The lowest BCUT2D eigenvalue weighted by atomic mass is 10.2. The first-order valence-electron chi connectivity index (χ1n) is 8.62. The van der Waals surface area contributed by atoms with E-state index in [-0.39, 0.29) is 5.91 Å². The Kier molecular flexibility index (Phi) is 5.85. The number of halogens is 1. The molecule has 3 heterocycles. The second-order valence-corrected chi connectivity index (χ2v) is 9.44. The van der Waals surface area contributed by atoms with Crippen LogP contribution in [-0.2, 0) is 4.79 Å². The predicted molar refractivity (Wildman–Crippen MR) is 119 cm³/mol. The Hall–Kier alpha value is -1.38. The minimum absolute atomic E-state index is 0.00988. The largest absolute Gasteiger partial charge is 0.369 e. The number of carbonyl (C=O) groups is 1. The van der Waals surface area contributed by atoms with E-state index >= 15 is 0 Å². The van der Waals surface area contributed by atoms with Crippen LogP contribution in [0.25, 0.3) is 6.08 Å². The van der Waals surface area contributed by atoms with Gasteiger partial charge in [-0.25, -0.2) is 0 Å². The molecule has 1 aromatic heterocycles. The van der Waals surface area contributed by atoms with Crippen molar-refractivity contribution in [2.24, 2.45) is 0 Å². The maximum atomic E-state index is 12.7. The molecule has 0 spiro atoms. The van der Waals surface area contributed by atoms with E-state index in [1.165, 1.54) is 11.8 Å². The molecule has 2 aliphatic rings. The highest BCUT2D eigenvalue weighted by Crippen LogP contribution is 2.33. The van der Waals surface area contributed by atoms with Gasteiger partial charge in [0.15, 0.2) is 0 Å². The van der Waals surface area contributed by atoms with Gasteiger partial charge in [-0.2, -0.15) is 0 Å². The normalized spacial score (nSPS) is 20.1. The number of rotatable bonds is 4. The highest BCUT2D eigenvalue weighted by atomic mass is 35.5. The van der Waals surface area contributed by atoms with Crippen molar-refractivity contribution in [2.45, 2.75) is 0 Å². The second-order valence-electron chi connectivity index (χ2n) is 6.35. The first-order chi connectivity index (χ1) is 13.1. The summed E-state index contributed by atoms with van der Waals surface area (Å²) in [5.41, 5.74) is 1.15. The van der Waals surface area contributed by atoms with E-state index in [0.29, 0.717) is 15.9 Å². The summed E-state index contributed by atoms with van der Waals surface area (Å²) < 4.78 is 0.639. The molecule has 0 saturated carbocycles. The van der Waals surface area contributed by atoms with E-state index < -0.39 is 0 Å². The molecule has 4 rings (SSSR count). The summed E-state index contributed by atoms with van der Waals surface area (Å²) in [5, 5.41) is 2.76. The fourth-order valence-electron chi connectivity index (χ4n) is 3.14. The van der Waals surface area contributed by atoms with E-state index in [1.54, 1.807) is 16.2 Å². The van der Waals surface area contributed by atoms with Crippen LogP contribution >= 0.6 is 46.9 Å². The number of thiophene rings is 1. The average Bonchev–Trinajstić information content (AvgIpc) is 3.27. The van der Waals surface area contributed by atoms with Crippen LogP contribution in [0.1, 0.15) is 4.88 Å². The summed E-state index contributed by atoms with van der Waals surface area (Å²) in [6, 6.07) is 11.9. The molecular weight excluding hydrogens is 418 g/mol. The molecule has 140 valence electrons. The first kappa shape index (κ1) is 19.0. The van der Waals surface area contributed by atoms with Crippen molar-refractivity contribution in [3.8, 4) is 0 Å². The Morgan fingerprint density at radius 1 is 1.15 bits per heavy atom. The molecule has 2 aromatic rings. The zero-order valence-corrected chi connectivity index (χ0v) is 17.7. The molecular formula is C19H18ClN3OS3. The number of benzene rings is 1. The van der Waals surface area contributed by atoms with Crippen LogP contribution in [0.2, 0.25) is 5.02 Å². The lowest BCUT2D eigenvalue weighted by Gasteiger charge is -2.37. The quantitative estimate of drug-likeness (QED) is 0.524. The summed E-state index contributed by atoms with van der Waals surface area (Å²) in [4.78, 5) is 20.8. The van der Waals surface area contributed by atoms with E-state index in [4.69, 9.17) is 23.8 Å². The number of amides is 1. The smallest absolute Gasteiger partial charge is 0.267 e. The van der Waals surface area contributed by atoms with Crippen LogP contribution in [0.5, 0.6) is 0 Å². The zero-order chi connectivity index (χ0) is 18.8. The molecule has 0 aliphatic carbocycles. The minimum Gasteiger partial charge on any atom is -0.369 e. The number of hydrogen-bond acceptors (Lipinski definition) is 6.